The van der Waals surface area contributed by atoms with Crippen molar-refractivity contribution in [1.29, 1.82) is 0 Å². The lowest BCUT2D eigenvalue weighted by Crippen LogP contribution is -2.19. The summed E-state index contributed by atoms with van der Waals surface area (Å²) in [5.41, 5.74) is 4.24. The number of nitrogens with one attached hydrogen (secondary N) is 1. The Kier molecular flexibility index (Phi) is 4.22. The fourth-order valence-electron chi connectivity index (χ4n) is 3.70. The number of amides is 1. The van der Waals surface area contributed by atoms with Crippen LogP contribution in [0.3, 0.4) is 0 Å². The summed E-state index contributed by atoms with van der Waals surface area (Å²) in [5, 5.41) is 3.32. The summed E-state index contributed by atoms with van der Waals surface area (Å²) in [4.78, 5) is 14.8. The minimum Gasteiger partial charge on any atom is -0.455 e. The Morgan fingerprint density at radius 1 is 1.26 bits per heavy atom. The minimum atomic E-state index is -0.426. The molecule has 4 rings (SSSR count). The Morgan fingerprint density at radius 2 is 2.04 bits per heavy atom. The largest absolute Gasteiger partial charge is 0.455 e. The van der Waals surface area contributed by atoms with E-state index in [-0.39, 0.29) is 17.2 Å². The topological polar surface area (TPSA) is 45.5 Å². The van der Waals surface area contributed by atoms with Crippen molar-refractivity contribution in [1.82, 2.24) is 5.32 Å². The second-order valence-electron chi connectivity index (χ2n) is 6.86. The van der Waals surface area contributed by atoms with Gasteiger partial charge in [0.15, 0.2) is 5.76 Å². The lowest BCUT2D eigenvalue weighted by molar-refractivity contribution is 0.0964. The van der Waals surface area contributed by atoms with E-state index in [0.717, 1.165) is 36.2 Å². The zero-order valence-electron chi connectivity index (χ0n) is 15.4. The summed E-state index contributed by atoms with van der Waals surface area (Å²) < 4.78 is 20.4. The molecule has 0 saturated carbocycles. The summed E-state index contributed by atoms with van der Waals surface area (Å²) in [7, 11) is 3.59. The van der Waals surface area contributed by atoms with Crippen molar-refractivity contribution < 1.29 is 13.6 Å². The van der Waals surface area contributed by atoms with Gasteiger partial charge in [0.05, 0.1) is 11.1 Å². The van der Waals surface area contributed by atoms with E-state index in [4.69, 9.17) is 4.42 Å². The molecule has 0 unspecified atom stereocenters. The van der Waals surface area contributed by atoms with Gasteiger partial charge in [-0.3, -0.25) is 4.79 Å². The fourth-order valence-corrected chi connectivity index (χ4v) is 3.70. The molecule has 0 aliphatic carbocycles. The lowest BCUT2D eigenvalue weighted by atomic mass is 9.98. The van der Waals surface area contributed by atoms with Gasteiger partial charge in [-0.25, -0.2) is 4.39 Å². The molecule has 1 aromatic heterocycles. The molecule has 1 aliphatic heterocycles. The van der Waals surface area contributed by atoms with Crippen LogP contribution >= 0.6 is 0 Å². The van der Waals surface area contributed by atoms with E-state index in [2.05, 4.69) is 16.8 Å². The molecule has 0 bridgehead atoms. The maximum Gasteiger partial charge on any atom is 0.255 e. The van der Waals surface area contributed by atoms with Gasteiger partial charge in [-0.1, -0.05) is 18.7 Å². The van der Waals surface area contributed by atoms with Crippen LogP contribution in [0.1, 0.15) is 28.8 Å². The Labute approximate surface area is 157 Å². The zero-order valence-corrected chi connectivity index (χ0v) is 15.4. The molecule has 0 fully saturated rings. The molecule has 4 nitrogen and oxygen atoms in total. The second-order valence-corrected chi connectivity index (χ2v) is 6.86. The number of hydrogen-bond acceptors (Lipinski definition) is 3. The summed E-state index contributed by atoms with van der Waals surface area (Å²) in [6, 6.07) is 10.2. The highest BCUT2D eigenvalue weighted by molar-refractivity contribution is 6.12. The first-order valence-corrected chi connectivity index (χ1v) is 8.98. The third kappa shape index (κ3) is 2.79. The van der Waals surface area contributed by atoms with Gasteiger partial charge in [0.1, 0.15) is 11.4 Å². The molecule has 2 heterocycles. The van der Waals surface area contributed by atoms with Crippen LogP contribution in [0.15, 0.2) is 47.4 Å². The number of benzene rings is 2. The Balaban J connectivity index is 2.05. The van der Waals surface area contributed by atoms with Gasteiger partial charge in [-0.15, -0.1) is 0 Å². The Morgan fingerprint density at radius 3 is 2.78 bits per heavy atom. The first-order chi connectivity index (χ1) is 13.0. The number of furan rings is 1. The number of hydrogen-bond donors (Lipinski definition) is 1. The Bertz CT molecular complexity index is 1070. The van der Waals surface area contributed by atoms with Gasteiger partial charge in [-0.05, 0) is 36.6 Å². The molecule has 27 heavy (non-hydrogen) atoms. The van der Waals surface area contributed by atoms with E-state index in [1.54, 1.807) is 25.2 Å². The molecular weight excluding hydrogens is 343 g/mol. The van der Waals surface area contributed by atoms with E-state index < -0.39 is 5.82 Å². The van der Waals surface area contributed by atoms with E-state index in [9.17, 15) is 9.18 Å². The molecule has 0 spiro atoms. The monoisotopic (exact) mass is 364 g/mol. The SMILES string of the molecule is C=C1CCCN(C)c2cc3oc(-c4ccccc4F)c(C(=O)NC)c3cc21. The van der Waals surface area contributed by atoms with Crippen molar-refractivity contribution in [3.63, 3.8) is 0 Å². The van der Waals surface area contributed by atoms with Gasteiger partial charge < -0.3 is 14.6 Å². The molecule has 1 N–H and O–H groups in total. The highest BCUT2D eigenvalue weighted by atomic mass is 19.1. The van der Waals surface area contributed by atoms with Gasteiger partial charge in [-0.2, -0.15) is 0 Å². The van der Waals surface area contributed by atoms with Gasteiger partial charge in [0.2, 0.25) is 0 Å². The quantitative estimate of drug-likeness (QED) is 0.708. The molecule has 1 amide bonds. The van der Waals surface area contributed by atoms with Crippen molar-refractivity contribution in [2.75, 3.05) is 25.5 Å². The number of halogens is 1. The van der Waals surface area contributed by atoms with Crippen molar-refractivity contribution >= 4 is 28.1 Å². The Hall–Kier alpha value is -3.08. The van der Waals surface area contributed by atoms with E-state index in [1.807, 2.05) is 19.2 Å². The average Bonchev–Trinajstić information content (AvgIpc) is 2.98. The number of carbonyl (C=O) groups is 1. The summed E-state index contributed by atoms with van der Waals surface area (Å²) in [5.74, 6) is -0.486. The van der Waals surface area contributed by atoms with Crippen molar-refractivity contribution in [3.8, 4) is 11.3 Å². The van der Waals surface area contributed by atoms with Crippen LogP contribution in [-0.4, -0.2) is 26.5 Å². The first-order valence-electron chi connectivity index (χ1n) is 8.98. The average molecular weight is 364 g/mol. The predicted molar refractivity (Wildman–Crippen MR) is 107 cm³/mol. The summed E-state index contributed by atoms with van der Waals surface area (Å²) in [6.45, 7) is 5.13. The standard InChI is InChI=1S/C22H21FN2O2/c1-13-7-6-10-25(3)18-12-19-16(11-15(13)18)20(22(26)24-2)21(27-19)14-8-4-5-9-17(14)23/h4-5,8-9,11-12H,1,6-7,10H2,2-3H3,(H,24,26). The number of rotatable bonds is 2. The molecule has 0 radical (unpaired) electrons. The number of fused-ring (bicyclic) bond motifs is 2. The van der Waals surface area contributed by atoms with Gasteiger partial charge in [0.25, 0.3) is 5.91 Å². The molecule has 138 valence electrons. The zero-order chi connectivity index (χ0) is 19.1. The number of anilines is 1. The van der Waals surface area contributed by atoms with E-state index in [0.29, 0.717) is 16.5 Å². The van der Waals surface area contributed by atoms with Crippen molar-refractivity contribution in [2.24, 2.45) is 0 Å². The summed E-state index contributed by atoms with van der Waals surface area (Å²) >= 11 is 0. The third-order valence-corrected chi connectivity index (χ3v) is 5.14. The molecule has 3 aromatic rings. The predicted octanol–water partition coefficient (Wildman–Crippen LogP) is 4.84. The minimum absolute atomic E-state index is 0.246. The van der Waals surface area contributed by atoms with Crippen LogP contribution in [0.5, 0.6) is 0 Å². The molecule has 0 saturated heterocycles. The maximum absolute atomic E-state index is 14.4. The highest BCUT2D eigenvalue weighted by Gasteiger charge is 2.26. The molecule has 1 aliphatic rings. The molecule has 0 atom stereocenters. The van der Waals surface area contributed by atoms with Gasteiger partial charge in [0, 0.05) is 43.3 Å². The van der Waals surface area contributed by atoms with Crippen LogP contribution in [0.25, 0.3) is 27.9 Å². The number of allylic oxidation sites excluding steroid dienone is 1. The molecule has 5 heteroatoms. The summed E-state index contributed by atoms with van der Waals surface area (Å²) in [6.07, 6.45) is 1.92. The first kappa shape index (κ1) is 17.3. The normalized spacial score (nSPS) is 14.2. The van der Waals surface area contributed by atoms with Gasteiger partial charge >= 0.3 is 0 Å². The van der Waals surface area contributed by atoms with E-state index >= 15 is 0 Å². The lowest BCUT2D eigenvalue weighted by Gasteiger charge is -2.19. The van der Waals surface area contributed by atoms with Crippen molar-refractivity contribution in [2.45, 2.75) is 12.8 Å². The van der Waals surface area contributed by atoms with Crippen LogP contribution in [-0.2, 0) is 0 Å². The third-order valence-electron chi connectivity index (χ3n) is 5.14. The van der Waals surface area contributed by atoms with Crippen LogP contribution in [0.2, 0.25) is 0 Å². The van der Waals surface area contributed by atoms with Crippen LogP contribution in [0, 0.1) is 5.82 Å². The molecule has 2 aromatic carbocycles. The smallest absolute Gasteiger partial charge is 0.255 e. The number of carbonyl (C=O) groups excluding carboxylic acids is 1. The fraction of sp³-hybridized carbons (Fsp3) is 0.227. The molecular formula is C22H21FN2O2. The van der Waals surface area contributed by atoms with Crippen molar-refractivity contribution in [3.05, 3.63) is 59.9 Å². The number of nitrogens with zero attached hydrogens (tertiary/aromatic N) is 1. The van der Waals surface area contributed by atoms with Crippen LogP contribution < -0.4 is 10.2 Å². The van der Waals surface area contributed by atoms with E-state index in [1.165, 1.54) is 6.07 Å². The second kappa shape index (κ2) is 6.58. The maximum atomic E-state index is 14.4. The highest BCUT2D eigenvalue weighted by Crippen LogP contribution is 2.41. The van der Waals surface area contributed by atoms with Crippen LogP contribution in [0.4, 0.5) is 10.1 Å².